The van der Waals surface area contributed by atoms with Crippen molar-refractivity contribution in [3.05, 3.63) is 63.7 Å². The number of carbonyl (C=O) groups excluding carboxylic acids is 1. The zero-order valence-electron chi connectivity index (χ0n) is 18.0. The summed E-state index contributed by atoms with van der Waals surface area (Å²) >= 11 is 7.41. The minimum atomic E-state index is -0.535. The predicted octanol–water partition coefficient (Wildman–Crippen LogP) is 4.94. The number of hydrogen-bond acceptors (Lipinski definition) is 7. The van der Waals surface area contributed by atoms with E-state index >= 15 is 0 Å². The van der Waals surface area contributed by atoms with Gasteiger partial charge in [0, 0.05) is 25.2 Å². The lowest BCUT2D eigenvalue weighted by molar-refractivity contribution is -0.384. The number of halogens is 1. The van der Waals surface area contributed by atoms with E-state index in [2.05, 4.69) is 20.4 Å². The average molecular weight is 487 g/mol. The second kappa shape index (κ2) is 10.2. The number of nitro benzene ring substituents is 1. The van der Waals surface area contributed by atoms with E-state index in [1.54, 1.807) is 6.92 Å². The third kappa shape index (κ3) is 5.28. The molecule has 1 atom stereocenters. The largest absolute Gasteiger partial charge is 0.341 e. The molecule has 3 aromatic rings. The topological polar surface area (TPSA) is 106 Å². The molecule has 4 rings (SSSR count). The molecular formula is C22H23ClN6O3S. The van der Waals surface area contributed by atoms with Crippen molar-refractivity contribution >= 4 is 46.6 Å². The number of anilines is 2. The molecule has 11 heteroatoms. The van der Waals surface area contributed by atoms with Crippen molar-refractivity contribution in [1.82, 2.24) is 14.8 Å². The maximum atomic E-state index is 12.9. The van der Waals surface area contributed by atoms with Gasteiger partial charge < -0.3 is 10.2 Å². The molecule has 0 radical (unpaired) electrons. The predicted molar refractivity (Wildman–Crippen MR) is 129 cm³/mol. The first-order valence-corrected chi connectivity index (χ1v) is 11.9. The zero-order chi connectivity index (χ0) is 23.4. The molecule has 2 heterocycles. The number of piperidine rings is 1. The lowest BCUT2D eigenvalue weighted by atomic mass is 10.1. The Morgan fingerprint density at radius 2 is 1.88 bits per heavy atom. The highest BCUT2D eigenvalue weighted by molar-refractivity contribution is 8.00. The van der Waals surface area contributed by atoms with Crippen molar-refractivity contribution in [2.45, 2.75) is 36.6 Å². The lowest BCUT2D eigenvalue weighted by Gasteiger charge is -2.28. The molecule has 2 aromatic carbocycles. The molecule has 0 spiro atoms. The molecule has 1 aromatic heterocycles. The fraction of sp³-hybridized carbons (Fsp3) is 0.318. The number of non-ortho nitro benzene ring substituents is 1. The first-order valence-electron chi connectivity index (χ1n) is 10.6. The molecule has 1 amide bonds. The van der Waals surface area contributed by atoms with Gasteiger partial charge in [0.2, 0.25) is 11.9 Å². The molecule has 172 valence electrons. The summed E-state index contributed by atoms with van der Waals surface area (Å²) in [6.45, 7) is 3.61. The van der Waals surface area contributed by atoms with Gasteiger partial charge in [0.25, 0.3) is 5.69 Å². The fourth-order valence-corrected chi connectivity index (χ4v) is 4.69. The maximum Gasteiger partial charge on any atom is 0.271 e. The molecule has 33 heavy (non-hydrogen) atoms. The summed E-state index contributed by atoms with van der Waals surface area (Å²) in [6, 6.07) is 13.8. The number of nitrogens with zero attached hydrogens (tertiary/aromatic N) is 5. The number of carbonyl (C=O) groups is 1. The van der Waals surface area contributed by atoms with Crippen molar-refractivity contribution in [1.29, 1.82) is 0 Å². The number of thioether (sulfide) groups is 1. The van der Waals surface area contributed by atoms with E-state index in [4.69, 9.17) is 11.6 Å². The number of nitro groups is 1. The van der Waals surface area contributed by atoms with Gasteiger partial charge in [0.1, 0.15) is 0 Å². The molecule has 1 aliphatic heterocycles. The Labute approximate surface area is 200 Å². The van der Waals surface area contributed by atoms with Gasteiger partial charge in [-0.1, -0.05) is 41.6 Å². The molecule has 0 aliphatic carbocycles. The van der Waals surface area contributed by atoms with E-state index in [1.807, 2.05) is 34.9 Å². The van der Waals surface area contributed by atoms with Gasteiger partial charge in [0.15, 0.2) is 5.16 Å². The fourth-order valence-electron chi connectivity index (χ4n) is 3.61. The maximum absolute atomic E-state index is 12.9. The van der Waals surface area contributed by atoms with Gasteiger partial charge in [-0.15, -0.1) is 10.2 Å². The highest BCUT2D eigenvalue weighted by atomic mass is 35.5. The molecule has 1 fully saturated rings. The minimum Gasteiger partial charge on any atom is -0.341 e. The van der Waals surface area contributed by atoms with Gasteiger partial charge in [0.05, 0.1) is 26.6 Å². The van der Waals surface area contributed by atoms with Crippen LogP contribution in [0.1, 0.15) is 26.2 Å². The summed E-state index contributed by atoms with van der Waals surface area (Å²) < 4.78 is 1.98. The Bertz CT molecular complexity index is 1150. The van der Waals surface area contributed by atoms with Crippen LogP contribution in [-0.4, -0.2) is 43.9 Å². The highest BCUT2D eigenvalue weighted by Crippen LogP contribution is 2.32. The number of hydrogen-bond donors (Lipinski definition) is 1. The van der Waals surface area contributed by atoms with Gasteiger partial charge in [-0.25, -0.2) is 0 Å². The molecule has 1 saturated heterocycles. The average Bonchev–Trinajstić information content (AvgIpc) is 3.24. The van der Waals surface area contributed by atoms with Crippen LogP contribution in [-0.2, 0) is 4.79 Å². The third-order valence-electron chi connectivity index (χ3n) is 5.34. The quantitative estimate of drug-likeness (QED) is 0.286. The Morgan fingerprint density at radius 1 is 1.15 bits per heavy atom. The normalized spacial score (nSPS) is 14.7. The summed E-state index contributed by atoms with van der Waals surface area (Å²) in [5.41, 5.74) is 1.11. The van der Waals surface area contributed by atoms with Gasteiger partial charge in [-0.3, -0.25) is 19.5 Å². The first kappa shape index (κ1) is 23.1. The zero-order valence-corrected chi connectivity index (χ0v) is 19.6. The van der Waals surface area contributed by atoms with Crippen molar-refractivity contribution < 1.29 is 9.72 Å². The molecular weight excluding hydrogens is 464 g/mol. The smallest absolute Gasteiger partial charge is 0.271 e. The number of para-hydroxylation sites is 1. The van der Waals surface area contributed by atoms with Gasteiger partial charge in [-0.2, -0.15) is 0 Å². The lowest BCUT2D eigenvalue weighted by Crippen LogP contribution is -2.31. The van der Waals surface area contributed by atoms with E-state index in [0.29, 0.717) is 10.8 Å². The summed E-state index contributed by atoms with van der Waals surface area (Å²) in [6.07, 6.45) is 3.43. The third-order valence-corrected chi connectivity index (χ3v) is 6.70. The summed E-state index contributed by atoms with van der Waals surface area (Å²) in [7, 11) is 0. The molecule has 1 unspecified atom stereocenters. The monoisotopic (exact) mass is 486 g/mol. The van der Waals surface area contributed by atoms with Crippen LogP contribution in [0.4, 0.5) is 17.3 Å². The summed E-state index contributed by atoms with van der Waals surface area (Å²) in [5, 5.41) is 22.7. The van der Waals surface area contributed by atoms with Gasteiger partial charge in [-0.05, 0) is 44.4 Å². The number of benzene rings is 2. The number of aromatic nitrogens is 3. The summed E-state index contributed by atoms with van der Waals surface area (Å²) in [4.78, 5) is 25.4. The Hall–Kier alpha value is -3.11. The molecule has 0 saturated carbocycles. The Kier molecular flexibility index (Phi) is 7.14. The van der Waals surface area contributed by atoms with Crippen LogP contribution < -0.4 is 10.2 Å². The molecule has 0 bridgehead atoms. The number of nitrogens with one attached hydrogen (secondary N) is 1. The van der Waals surface area contributed by atoms with Crippen LogP contribution in [0, 0.1) is 10.1 Å². The standard InChI is InChI=1S/C22H23ClN6O3S/c1-15(20(30)24-19-11-10-17(29(31)32)14-18(19)23)33-22-26-25-21(27-12-6-3-7-13-27)28(22)16-8-4-2-5-9-16/h2,4-5,8-11,14-15H,3,6-7,12-13H2,1H3,(H,24,30). The first-order chi connectivity index (χ1) is 15.9. The van der Waals surface area contributed by atoms with E-state index in [0.717, 1.165) is 37.6 Å². The Balaban J connectivity index is 1.55. The SMILES string of the molecule is CC(Sc1nnc(N2CCCCC2)n1-c1ccccc1)C(=O)Nc1ccc([N+](=O)[O-])cc1Cl. The second-order valence-corrected chi connectivity index (χ2v) is 9.39. The van der Waals surface area contributed by atoms with Crippen LogP contribution >= 0.6 is 23.4 Å². The van der Waals surface area contributed by atoms with E-state index in [1.165, 1.54) is 36.4 Å². The Morgan fingerprint density at radius 3 is 2.55 bits per heavy atom. The van der Waals surface area contributed by atoms with Crippen LogP contribution in [0.25, 0.3) is 5.69 Å². The van der Waals surface area contributed by atoms with Gasteiger partial charge >= 0.3 is 0 Å². The second-order valence-electron chi connectivity index (χ2n) is 7.67. The highest BCUT2D eigenvalue weighted by Gasteiger charge is 2.25. The number of amides is 1. The molecule has 1 aliphatic rings. The number of rotatable bonds is 7. The van der Waals surface area contributed by atoms with E-state index in [-0.39, 0.29) is 16.6 Å². The minimum absolute atomic E-state index is 0.106. The van der Waals surface area contributed by atoms with Crippen molar-refractivity contribution in [3.8, 4) is 5.69 Å². The van der Waals surface area contributed by atoms with E-state index in [9.17, 15) is 14.9 Å². The van der Waals surface area contributed by atoms with Crippen LogP contribution in [0.2, 0.25) is 5.02 Å². The molecule has 1 N–H and O–H groups in total. The molecule has 9 nitrogen and oxygen atoms in total. The van der Waals surface area contributed by atoms with E-state index < -0.39 is 10.2 Å². The van der Waals surface area contributed by atoms with Crippen molar-refractivity contribution in [2.75, 3.05) is 23.3 Å². The van der Waals surface area contributed by atoms with Crippen molar-refractivity contribution in [3.63, 3.8) is 0 Å². The summed E-state index contributed by atoms with van der Waals surface area (Å²) in [5.74, 6) is 0.479. The van der Waals surface area contributed by atoms with Crippen molar-refractivity contribution in [2.24, 2.45) is 0 Å². The van der Waals surface area contributed by atoms with Crippen LogP contribution in [0.3, 0.4) is 0 Å². The van der Waals surface area contributed by atoms with Crippen LogP contribution in [0.15, 0.2) is 53.7 Å². The van der Waals surface area contributed by atoms with Crippen LogP contribution in [0.5, 0.6) is 0 Å².